The van der Waals surface area contributed by atoms with Crippen LogP contribution in [0.25, 0.3) is 0 Å². The van der Waals surface area contributed by atoms with Crippen LogP contribution >= 0.6 is 0 Å². The molecule has 0 saturated carbocycles. The SMILES string of the molecule is CCn1cnnc1CNC(=O)[C@H](NS(=O)(=O)c1ccc2c(c1)OCCCO2)C(C)C. The van der Waals surface area contributed by atoms with E-state index in [9.17, 15) is 13.2 Å². The number of sulfonamides is 1. The van der Waals surface area contributed by atoms with Crippen molar-refractivity contribution in [3.05, 3.63) is 30.4 Å². The normalized spacial score (nSPS) is 14.9. The van der Waals surface area contributed by atoms with Crippen LogP contribution in [-0.4, -0.2) is 48.3 Å². The predicted octanol–water partition coefficient (Wildman–Crippen LogP) is 1.08. The number of nitrogens with zero attached hydrogens (tertiary/aromatic N) is 3. The summed E-state index contributed by atoms with van der Waals surface area (Å²) in [6.07, 6.45) is 2.30. The second-order valence-corrected chi connectivity index (χ2v) is 8.97. The lowest BCUT2D eigenvalue weighted by Gasteiger charge is -2.22. The summed E-state index contributed by atoms with van der Waals surface area (Å²) in [7, 11) is -3.96. The Hall–Kier alpha value is -2.66. The fourth-order valence-corrected chi connectivity index (χ4v) is 4.35. The van der Waals surface area contributed by atoms with Crippen LogP contribution in [0.3, 0.4) is 0 Å². The number of rotatable bonds is 8. The van der Waals surface area contributed by atoms with Crippen LogP contribution in [-0.2, 0) is 27.9 Å². The minimum Gasteiger partial charge on any atom is -0.490 e. The van der Waals surface area contributed by atoms with E-state index in [0.29, 0.717) is 37.1 Å². The van der Waals surface area contributed by atoms with Gasteiger partial charge in [-0.2, -0.15) is 4.72 Å². The molecule has 1 aromatic heterocycles. The molecule has 0 saturated heterocycles. The molecular weight excluding hydrogens is 410 g/mol. The Balaban J connectivity index is 1.73. The largest absolute Gasteiger partial charge is 0.490 e. The molecule has 1 atom stereocenters. The second kappa shape index (κ2) is 9.43. The molecule has 0 bridgehead atoms. The van der Waals surface area contributed by atoms with Crippen molar-refractivity contribution < 1.29 is 22.7 Å². The van der Waals surface area contributed by atoms with Gasteiger partial charge in [-0.05, 0) is 25.0 Å². The maximum Gasteiger partial charge on any atom is 0.241 e. The molecule has 1 aliphatic heterocycles. The van der Waals surface area contributed by atoms with Gasteiger partial charge in [0.15, 0.2) is 17.3 Å². The number of fused-ring (bicyclic) bond motifs is 1. The highest BCUT2D eigenvalue weighted by Gasteiger charge is 2.29. The maximum atomic E-state index is 12.9. The summed E-state index contributed by atoms with van der Waals surface area (Å²) in [4.78, 5) is 12.7. The monoisotopic (exact) mass is 437 g/mol. The highest BCUT2D eigenvalue weighted by Crippen LogP contribution is 2.32. The number of amides is 1. The van der Waals surface area contributed by atoms with Crippen molar-refractivity contribution in [2.24, 2.45) is 5.92 Å². The van der Waals surface area contributed by atoms with E-state index in [0.717, 1.165) is 6.42 Å². The summed E-state index contributed by atoms with van der Waals surface area (Å²) in [6, 6.07) is 3.47. The summed E-state index contributed by atoms with van der Waals surface area (Å²) in [5.41, 5.74) is 0. The number of aryl methyl sites for hydroxylation is 1. The van der Waals surface area contributed by atoms with E-state index in [2.05, 4.69) is 20.2 Å². The molecule has 0 spiro atoms. The Kier molecular flexibility index (Phi) is 6.93. The zero-order valence-corrected chi connectivity index (χ0v) is 18.1. The predicted molar refractivity (Wildman–Crippen MR) is 109 cm³/mol. The van der Waals surface area contributed by atoms with Gasteiger partial charge in [0.05, 0.1) is 24.7 Å². The van der Waals surface area contributed by atoms with Gasteiger partial charge in [-0.1, -0.05) is 13.8 Å². The average molecular weight is 438 g/mol. The zero-order chi connectivity index (χ0) is 21.7. The number of benzene rings is 1. The van der Waals surface area contributed by atoms with E-state index in [1.807, 2.05) is 6.92 Å². The lowest BCUT2D eigenvalue weighted by atomic mass is 10.1. The van der Waals surface area contributed by atoms with Crippen LogP contribution in [0.1, 0.15) is 33.0 Å². The van der Waals surface area contributed by atoms with Gasteiger partial charge in [-0.25, -0.2) is 8.42 Å². The number of aromatic nitrogens is 3. The van der Waals surface area contributed by atoms with Crippen molar-refractivity contribution >= 4 is 15.9 Å². The van der Waals surface area contributed by atoms with Crippen LogP contribution in [0.5, 0.6) is 11.5 Å². The van der Waals surface area contributed by atoms with Crippen molar-refractivity contribution in [2.75, 3.05) is 13.2 Å². The molecule has 2 heterocycles. The number of hydrogen-bond acceptors (Lipinski definition) is 7. The standard InChI is InChI=1S/C19H27N5O5S/c1-4-24-12-21-22-17(24)11-20-19(25)18(13(2)3)23-30(26,27)14-6-7-15-16(10-14)29-9-5-8-28-15/h6-7,10,12-13,18,23H,4-5,8-9,11H2,1-3H3,(H,20,25)/t18-/m1/s1. The van der Waals surface area contributed by atoms with Gasteiger partial charge in [0.25, 0.3) is 0 Å². The van der Waals surface area contributed by atoms with Gasteiger partial charge in [-0.3, -0.25) is 4.79 Å². The molecule has 11 heteroatoms. The Bertz CT molecular complexity index is 989. The molecule has 0 aliphatic carbocycles. The second-order valence-electron chi connectivity index (χ2n) is 7.25. The molecular formula is C19H27N5O5S. The molecule has 2 aromatic rings. The molecule has 3 rings (SSSR count). The van der Waals surface area contributed by atoms with Gasteiger partial charge in [0.2, 0.25) is 15.9 Å². The summed E-state index contributed by atoms with van der Waals surface area (Å²) in [5.74, 6) is 0.765. The molecule has 1 amide bonds. The Morgan fingerprint density at radius 1 is 1.23 bits per heavy atom. The van der Waals surface area contributed by atoms with Crippen LogP contribution in [0.4, 0.5) is 0 Å². The molecule has 2 N–H and O–H groups in total. The average Bonchev–Trinajstić information content (AvgIpc) is 3.04. The third-order valence-corrected chi connectivity index (χ3v) is 6.16. The van der Waals surface area contributed by atoms with Crippen molar-refractivity contribution in [1.82, 2.24) is 24.8 Å². The lowest BCUT2D eigenvalue weighted by molar-refractivity contribution is -0.123. The lowest BCUT2D eigenvalue weighted by Crippen LogP contribution is -2.49. The Morgan fingerprint density at radius 2 is 1.97 bits per heavy atom. The number of nitrogens with one attached hydrogen (secondary N) is 2. The topological polar surface area (TPSA) is 124 Å². The van der Waals surface area contributed by atoms with Gasteiger partial charge in [-0.15, -0.1) is 10.2 Å². The minimum absolute atomic E-state index is 0.0101. The molecule has 1 aromatic carbocycles. The molecule has 30 heavy (non-hydrogen) atoms. The van der Waals surface area contributed by atoms with Crippen LogP contribution in [0.2, 0.25) is 0 Å². The van der Waals surface area contributed by atoms with E-state index >= 15 is 0 Å². The first-order chi connectivity index (χ1) is 14.3. The quantitative estimate of drug-likeness (QED) is 0.633. The van der Waals surface area contributed by atoms with Crippen molar-refractivity contribution in [3.63, 3.8) is 0 Å². The number of carbonyl (C=O) groups is 1. The van der Waals surface area contributed by atoms with E-state index in [4.69, 9.17) is 9.47 Å². The van der Waals surface area contributed by atoms with Gasteiger partial charge < -0.3 is 19.4 Å². The molecule has 1 aliphatic rings. The van der Waals surface area contributed by atoms with Gasteiger partial charge >= 0.3 is 0 Å². The van der Waals surface area contributed by atoms with Crippen molar-refractivity contribution in [2.45, 2.75) is 51.2 Å². The van der Waals surface area contributed by atoms with Crippen molar-refractivity contribution in [3.8, 4) is 11.5 Å². The Morgan fingerprint density at radius 3 is 2.67 bits per heavy atom. The third kappa shape index (κ3) is 5.08. The molecule has 0 radical (unpaired) electrons. The van der Waals surface area contributed by atoms with E-state index in [1.54, 1.807) is 30.8 Å². The smallest absolute Gasteiger partial charge is 0.241 e. The van der Waals surface area contributed by atoms with Crippen LogP contribution in [0.15, 0.2) is 29.4 Å². The first-order valence-corrected chi connectivity index (χ1v) is 11.4. The fraction of sp³-hybridized carbons (Fsp3) is 0.526. The summed E-state index contributed by atoms with van der Waals surface area (Å²) >= 11 is 0. The molecule has 0 unspecified atom stereocenters. The van der Waals surface area contributed by atoms with Gasteiger partial charge in [0.1, 0.15) is 12.4 Å². The fourth-order valence-electron chi connectivity index (χ4n) is 2.99. The summed E-state index contributed by atoms with van der Waals surface area (Å²) in [5, 5.41) is 10.5. The van der Waals surface area contributed by atoms with Crippen LogP contribution in [0, 0.1) is 5.92 Å². The number of carbonyl (C=O) groups excluding carboxylic acids is 1. The highest BCUT2D eigenvalue weighted by atomic mass is 32.2. The molecule has 10 nitrogen and oxygen atoms in total. The minimum atomic E-state index is -3.96. The highest BCUT2D eigenvalue weighted by molar-refractivity contribution is 7.89. The molecule has 0 fully saturated rings. The van der Waals surface area contributed by atoms with E-state index < -0.39 is 22.0 Å². The zero-order valence-electron chi connectivity index (χ0n) is 17.3. The number of ether oxygens (including phenoxy) is 2. The first kappa shape index (κ1) is 22.0. The van der Waals surface area contributed by atoms with Gasteiger partial charge in [0, 0.05) is 19.0 Å². The van der Waals surface area contributed by atoms with E-state index in [-0.39, 0.29) is 17.4 Å². The molecule has 164 valence electrons. The summed E-state index contributed by atoms with van der Waals surface area (Å²) in [6.45, 7) is 7.27. The van der Waals surface area contributed by atoms with E-state index in [1.165, 1.54) is 12.1 Å². The maximum absolute atomic E-state index is 12.9. The van der Waals surface area contributed by atoms with Crippen molar-refractivity contribution in [1.29, 1.82) is 0 Å². The third-order valence-electron chi connectivity index (χ3n) is 4.72. The summed E-state index contributed by atoms with van der Waals surface area (Å²) < 4.78 is 41.3. The van der Waals surface area contributed by atoms with Crippen LogP contribution < -0.4 is 19.5 Å². The Labute approximate surface area is 176 Å². The number of hydrogen-bond donors (Lipinski definition) is 2. The first-order valence-electron chi connectivity index (χ1n) is 9.88.